The number of carbonyl (C=O) groups is 1. The van der Waals surface area contributed by atoms with Crippen molar-refractivity contribution in [2.75, 3.05) is 6.61 Å². The second kappa shape index (κ2) is 41.5. The first-order valence-electron chi connectivity index (χ1n) is 21.5. The fourth-order valence-electron chi connectivity index (χ4n) is 6.27. The van der Waals surface area contributed by atoms with Gasteiger partial charge in [-0.2, -0.15) is 0 Å². The molecule has 2 unspecified atom stereocenters. The van der Waals surface area contributed by atoms with Crippen molar-refractivity contribution in [3.63, 3.8) is 0 Å². The smallest absolute Gasteiger partial charge is 0.220 e. The van der Waals surface area contributed by atoms with Gasteiger partial charge in [0, 0.05) is 6.42 Å². The molecule has 0 aliphatic rings. The van der Waals surface area contributed by atoms with E-state index in [1.807, 2.05) is 0 Å². The van der Waals surface area contributed by atoms with E-state index < -0.39 is 12.1 Å². The predicted molar refractivity (Wildman–Crippen MR) is 221 cm³/mol. The Morgan fingerprint density at radius 2 is 0.880 bits per heavy atom. The average molecular weight is 698 g/mol. The van der Waals surface area contributed by atoms with E-state index in [0.717, 1.165) is 70.6 Å². The Labute approximate surface area is 311 Å². The van der Waals surface area contributed by atoms with E-state index in [1.54, 1.807) is 0 Å². The summed E-state index contributed by atoms with van der Waals surface area (Å²) in [6.45, 7) is 4.24. The summed E-state index contributed by atoms with van der Waals surface area (Å²) in [4.78, 5) is 12.4. The summed E-state index contributed by atoms with van der Waals surface area (Å²) < 4.78 is 0. The highest BCUT2D eigenvalue weighted by molar-refractivity contribution is 5.76. The number of unbranched alkanes of at least 4 members (excludes halogenated alkanes) is 21. The van der Waals surface area contributed by atoms with Gasteiger partial charge < -0.3 is 15.5 Å². The SMILES string of the molecule is CC/C=C\C/C=C\C/C=C\C/C=C\C/C=C\CCCCCCCC(=O)NC(CO)C(O)CCCCCCCCCCCCCCCCCCC. The van der Waals surface area contributed by atoms with Crippen LogP contribution in [0.15, 0.2) is 60.8 Å². The molecule has 0 aromatic rings. The van der Waals surface area contributed by atoms with Crippen LogP contribution in [0.5, 0.6) is 0 Å². The molecule has 0 aromatic carbocycles. The first-order chi connectivity index (χ1) is 24.7. The molecule has 0 saturated carbocycles. The van der Waals surface area contributed by atoms with Gasteiger partial charge in [0.15, 0.2) is 0 Å². The molecule has 50 heavy (non-hydrogen) atoms. The fourth-order valence-corrected chi connectivity index (χ4v) is 6.27. The second-order valence-corrected chi connectivity index (χ2v) is 14.4. The van der Waals surface area contributed by atoms with Crippen LogP contribution in [0.25, 0.3) is 0 Å². The Morgan fingerprint density at radius 1 is 0.500 bits per heavy atom. The molecule has 0 saturated heterocycles. The highest BCUT2D eigenvalue weighted by Crippen LogP contribution is 2.15. The van der Waals surface area contributed by atoms with Gasteiger partial charge >= 0.3 is 0 Å². The van der Waals surface area contributed by atoms with Crippen LogP contribution in [-0.4, -0.2) is 34.9 Å². The molecule has 4 heteroatoms. The minimum absolute atomic E-state index is 0.0516. The van der Waals surface area contributed by atoms with Crippen molar-refractivity contribution in [3.8, 4) is 0 Å². The van der Waals surface area contributed by atoms with Crippen molar-refractivity contribution in [1.82, 2.24) is 5.32 Å². The van der Waals surface area contributed by atoms with E-state index in [0.29, 0.717) is 12.8 Å². The van der Waals surface area contributed by atoms with Crippen LogP contribution in [-0.2, 0) is 4.79 Å². The van der Waals surface area contributed by atoms with Crippen molar-refractivity contribution < 1.29 is 15.0 Å². The molecule has 0 rings (SSSR count). The van der Waals surface area contributed by atoms with Gasteiger partial charge in [-0.15, -0.1) is 0 Å². The lowest BCUT2D eigenvalue weighted by molar-refractivity contribution is -0.123. The largest absolute Gasteiger partial charge is 0.394 e. The summed E-state index contributed by atoms with van der Waals surface area (Å²) in [5.41, 5.74) is 0. The van der Waals surface area contributed by atoms with Gasteiger partial charge in [0.05, 0.1) is 18.8 Å². The molecule has 0 aliphatic heterocycles. The Bertz CT molecular complexity index is 842. The summed E-state index contributed by atoms with van der Waals surface area (Å²) in [6, 6.07) is -0.549. The molecule has 290 valence electrons. The third-order valence-corrected chi connectivity index (χ3v) is 9.54. The van der Waals surface area contributed by atoms with Crippen LogP contribution in [0.4, 0.5) is 0 Å². The average Bonchev–Trinajstić information content (AvgIpc) is 3.12. The third-order valence-electron chi connectivity index (χ3n) is 9.54. The molecule has 0 radical (unpaired) electrons. The minimum Gasteiger partial charge on any atom is -0.394 e. The summed E-state index contributed by atoms with van der Waals surface area (Å²) in [6.07, 6.45) is 57.1. The normalized spacial score (nSPS) is 13.6. The van der Waals surface area contributed by atoms with Crippen LogP contribution in [0, 0.1) is 0 Å². The van der Waals surface area contributed by atoms with E-state index in [-0.39, 0.29) is 12.5 Å². The number of rotatable bonds is 38. The molecule has 0 aromatic heterocycles. The summed E-state index contributed by atoms with van der Waals surface area (Å²) in [5.74, 6) is -0.0516. The standard InChI is InChI=1S/C46H83NO3/c1-3-5-7-9-11-13-15-17-19-21-22-23-24-26-28-30-32-34-36-38-40-42-46(50)47-44(43-48)45(49)41-39-37-35-33-31-29-27-25-20-18-16-14-12-10-8-6-4-2/h5,7,11,13,17,19,22-23,26,28,44-45,48-49H,3-4,6,8-10,12,14-16,18,20-21,24-25,27,29-43H2,1-2H3,(H,47,50)/b7-5-,13-11-,19-17-,23-22-,28-26-. The van der Waals surface area contributed by atoms with Crippen LogP contribution >= 0.6 is 0 Å². The number of hydrogen-bond donors (Lipinski definition) is 3. The molecular formula is C46H83NO3. The first-order valence-corrected chi connectivity index (χ1v) is 21.5. The summed E-state index contributed by atoms with van der Waals surface area (Å²) >= 11 is 0. The molecule has 0 bridgehead atoms. The maximum Gasteiger partial charge on any atom is 0.220 e. The monoisotopic (exact) mass is 698 g/mol. The Kier molecular flexibility index (Phi) is 39.9. The Morgan fingerprint density at radius 3 is 1.32 bits per heavy atom. The number of aliphatic hydroxyl groups is 2. The minimum atomic E-state index is -0.670. The number of carbonyl (C=O) groups excluding carboxylic acids is 1. The second-order valence-electron chi connectivity index (χ2n) is 14.4. The van der Waals surface area contributed by atoms with Gasteiger partial charge in [-0.25, -0.2) is 0 Å². The summed E-state index contributed by atoms with van der Waals surface area (Å²) in [7, 11) is 0. The van der Waals surface area contributed by atoms with Crippen LogP contribution < -0.4 is 5.32 Å². The van der Waals surface area contributed by atoms with Crippen molar-refractivity contribution in [1.29, 1.82) is 0 Å². The zero-order chi connectivity index (χ0) is 36.4. The number of hydrogen-bond acceptors (Lipinski definition) is 3. The number of aliphatic hydroxyl groups excluding tert-OH is 2. The molecule has 0 spiro atoms. The highest BCUT2D eigenvalue weighted by atomic mass is 16.3. The van der Waals surface area contributed by atoms with Gasteiger partial charge in [-0.3, -0.25) is 4.79 Å². The zero-order valence-corrected chi connectivity index (χ0v) is 33.2. The molecule has 0 fully saturated rings. The quantitative estimate of drug-likeness (QED) is 0.0444. The number of nitrogens with one attached hydrogen (secondary N) is 1. The number of amides is 1. The molecule has 2 atom stereocenters. The van der Waals surface area contributed by atoms with E-state index >= 15 is 0 Å². The van der Waals surface area contributed by atoms with Gasteiger partial charge in [-0.1, -0.05) is 203 Å². The van der Waals surface area contributed by atoms with Crippen LogP contribution in [0.1, 0.15) is 206 Å². The molecule has 0 aliphatic carbocycles. The highest BCUT2D eigenvalue weighted by Gasteiger charge is 2.19. The molecule has 4 nitrogen and oxygen atoms in total. The van der Waals surface area contributed by atoms with Crippen LogP contribution in [0.2, 0.25) is 0 Å². The third kappa shape index (κ3) is 37.3. The van der Waals surface area contributed by atoms with E-state index in [4.69, 9.17) is 0 Å². The van der Waals surface area contributed by atoms with Crippen molar-refractivity contribution in [3.05, 3.63) is 60.8 Å². The molecule has 3 N–H and O–H groups in total. The van der Waals surface area contributed by atoms with Gasteiger partial charge in [0.2, 0.25) is 5.91 Å². The van der Waals surface area contributed by atoms with E-state index in [9.17, 15) is 15.0 Å². The topological polar surface area (TPSA) is 69.6 Å². The molecule has 0 heterocycles. The zero-order valence-electron chi connectivity index (χ0n) is 33.2. The first kappa shape index (κ1) is 48.1. The summed E-state index contributed by atoms with van der Waals surface area (Å²) in [5, 5.41) is 23.2. The van der Waals surface area contributed by atoms with Crippen molar-refractivity contribution in [2.45, 2.75) is 219 Å². The molecular weight excluding hydrogens is 615 g/mol. The Balaban J connectivity index is 3.61. The lowest BCUT2D eigenvalue weighted by Crippen LogP contribution is -2.45. The maximum atomic E-state index is 12.4. The van der Waals surface area contributed by atoms with Gasteiger partial charge in [0.1, 0.15) is 0 Å². The predicted octanol–water partition coefficient (Wildman–Crippen LogP) is 13.3. The number of allylic oxidation sites excluding steroid dienone is 10. The van der Waals surface area contributed by atoms with E-state index in [2.05, 4.69) is 79.9 Å². The fraction of sp³-hybridized carbons (Fsp3) is 0.761. The Hall–Kier alpha value is -1.91. The van der Waals surface area contributed by atoms with Gasteiger partial charge in [-0.05, 0) is 57.8 Å². The van der Waals surface area contributed by atoms with Gasteiger partial charge in [0.25, 0.3) is 0 Å². The molecule has 1 amide bonds. The van der Waals surface area contributed by atoms with Crippen molar-refractivity contribution in [2.24, 2.45) is 0 Å². The maximum absolute atomic E-state index is 12.4. The lowest BCUT2D eigenvalue weighted by atomic mass is 10.0. The van der Waals surface area contributed by atoms with Crippen LogP contribution in [0.3, 0.4) is 0 Å². The lowest BCUT2D eigenvalue weighted by Gasteiger charge is -2.22. The van der Waals surface area contributed by atoms with E-state index in [1.165, 1.54) is 109 Å². The van der Waals surface area contributed by atoms with Crippen molar-refractivity contribution >= 4 is 5.91 Å².